The fourth-order valence-corrected chi connectivity index (χ4v) is 1.52. The number of aryl methyl sites for hydroxylation is 1. The van der Waals surface area contributed by atoms with Crippen LogP contribution in [0.5, 0.6) is 0 Å². The van der Waals surface area contributed by atoms with E-state index in [4.69, 9.17) is 0 Å². The molecule has 0 spiro atoms. The molecule has 0 radical (unpaired) electrons. The van der Waals surface area contributed by atoms with Gasteiger partial charge in [-0.15, -0.1) is 0 Å². The monoisotopic (exact) mass is 234 g/mol. The minimum absolute atomic E-state index is 0.0846. The number of hydrogen-bond acceptors (Lipinski definition) is 2. The molecule has 0 aliphatic rings. The van der Waals surface area contributed by atoms with Gasteiger partial charge < -0.3 is 10.2 Å². The predicted octanol–water partition coefficient (Wildman–Crippen LogP) is 2.55. The van der Waals surface area contributed by atoms with Crippen molar-refractivity contribution in [1.29, 1.82) is 0 Å². The van der Waals surface area contributed by atoms with E-state index >= 15 is 0 Å². The van der Waals surface area contributed by atoms with Gasteiger partial charge in [0.05, 0.1) is 12.2 Å². The van der Waals surface area contributed by atoms with Gasteiger partial charge in [-0.1, -0.05) is 49.4 Å². The van der Waals surface area contributed by atoms with Crippen LogP contribution in [0.2, 0.25) is 0 Å². The summed E-state index contributed by atoms with van der Waals surface area (Å²) in [6, 6.07) is 10.1. The number of benzene rings is 1. The highest BCUT2D eigenvalue weighted by atomic mass is 16.3. The Hall–Kier alpha value is -1.12. The quantitative estimate of drug-likeness (QED) is 0.743. The lowest BCUT2D eigenvalue weighted by molar-refractivity contribution is 0.155. The van der Waals surface area contributed by atoms with E-state index in [1.165, 1.54) is 5.56 Å². The molecule has 1 rings (SSSR count). The molecule has 0 saturated heterocycles. The van der Waals surface area contributed by atoms with Gasteiger partial charge in [0, 0.05) is 0 Å². The van der Waals surface area contributed by atoms with Gasteiger partial charge in [0.2, 0.25) is 0 Å². The largest absolute Gasteiger partial charge is 0.393 e. The highest BCUT2D eigenvalue weighted by Crippen LogP contribution is 2.08. The zero-order valence-corrected chi connectivity index (χ0v) is 10.6. The standard InChI is InChI=1S/C15H22O2/c1-12(13(2)16)8-10-15(17)11-9-14-6-4-3-5-7-14/h3-8,10,12-13,15-17H,9,11H2,1-2H3/b10-8+/t12?,13-,15-/m1/s1. The summed E-state index contributed by atoms with van der Waals surface area (Å²) in [6.45, 7) is 3.69. The van der Waals surface area contributed by atoms with Crippen molar-refractivity contribution < 1.29 is 10.2 Å². The van der Waals surface area contributed by atoms with E-state index in [1.807, 2.05) is 31.2 Å². The first-order valence-corrected chi connectivity index (χ1v) is 6.18. The third-order valence-electron chi connectivity index (χ3n) is 2.97. The molecule has 0 saturated carbocycles. The van der Waals surface area contributed by atoms with Crippen LogP contribution in [0, 0.1) is 5.92 Å². The summed E-state index contributed by atoms with van der Waals surface area (Å²) < 4.78 is 0. The number of hydrogen-bond donors (Lipinski definition) is 2. The molecular formula is C15H22O2. The van der Waals surface area contributed by atoms with E-state index in [0.717, 1.165) is 6.42 Å². The molecule has 17 heavy (non-hydrogen) atoms. The molecule has 0 amide bonds. The van der Waals surface area contributed by atoms with Crippen molar-refractivity contribution in [2.45, 2.75) is 38.9 Å². The molecule has 3 atom stereocenters. The molecule has 1 aromatic carbocycles. The predicted molar refractivity (Wildman–Crippen MR) is 70.8 cm³/mol. The number of aliphatic hydroxyl groups excluding tert-OH is 2. The average molecular weight is 234 g/mol. The van der Waals surface area contributed by atoms with Gasteiger partial charge in [0.15, 0.2) is 0 Å². The van der Waals surface area contributed by atoms with Crippen LogP contribution in [-0.2, 0) is 6.42 Å². The topological polar surface area (TPSA) is 40.5 Å². The zero-order chi connectivity index (χ0) is 12.7. The third kappa shape index (κ3) is 5.66. The number of rotatable bonds is 6. The second-order valence-electron chi connectivity index (χ2n) is 4.58. The summed E-state index contributed by atoms with van der Waals surface area (Å²) >= 11 is 0. The summed E-state index contributed by atoms with van der Waals surface area (Å²) in [7, 11) is 0. The van der Waals surface area contributed by atoms with Crippen LogP contribution in [0.3, 0.4) is 0 Å². The van der Waals surface area contributed by atoms with Crippen LogP contribution in [0.4, 0.5) is 0 Å². The lowest BCUT2D eigenvalue weighted by Crippen LogP contribution is -2.11. The average Bonchev–Trinajstić information content (AvgIpc) is 2.34. The fraction of sp³-hybridized carbons (Fsp3) is 0.467. The van der Waals surface area contributed by atoms with Gasteiger partial charge in [0.1, 0.15) is 0 Å². The SMILES string of the molecule is CC(/C=C/[C@@H](O)CCc1ccccc1)[C@@H](C)O. The molecule has 1 unspecified atom stereocenters. The van der Waals surface area contributed by atoms with E-state index in [2.05, 4.69) is 12.1 Å². The maximum absolute atomic E-state index is 9.77. The van der Waals surface area contributed by atoms with Crippen LogP contribution < -0.4 is 0 Å². The van der Waals surface area contributed by atoms with Crippen LogP contribution in [0.1, 0.15) is 25.8 Å². The maximum atomic E-state index is 9.77. The summed E-state index contributed by atoms with van der Waals surface area (Å²) in [5.74, 6) is 0.0846. The maximum Gasteiger partial charge on any atom is 0.0724 e. The molecule has 0 heterocycles. The van der Waals surface area contributed by atoms with E-state index in [-0.39, 0.29) is 12.0 Å². The second-order valence-corrected chi connectivity index (χ2v) is 4.58. The van der Waals surface area contributed by atoms with Crippen molar-refractivity contribution in [3.05, 3.63) is 48.0 Å². The third-order valence-corrected chi connectivity index (χ3v) is 2.97. The molecular weight excluding hydrogens is 212 g/mol. The smallest absolute Gasteiger partial charge is 0.0724 e. The molecule has 2 heteroatoms. The molecule has 0 aromatic heterocycles. The summed E-state index contributed by atoms with van der Waals surface area (Å²) in [4.78, 5) is 0. The molecule has 2 nitrogen and oxygen atoms in total. The normalized spacial score (nSPS) is 16.9. The van der Waals surface area contributed by atoms with Gasteiger partial charge in [-0.3, -0.25) is 0 Å². The first kappa shape index (κ1) is 13.9. The molecule has 0 aliphatic carbocycles. The van der Waals surface area contributed by atoms with Crippen LogP contribution >= 0.6 is 0 Å². The van der Waals surface area contributed by atoms with Gasteiger partial charge in [-0.05, 0) is 31.2 Å². The Morgan fingerprint density at radius 3 is 2.29 bits per heavy atom. The molecule has 0 fully saturated rings. The van der Waals surface area contributed by atoms with Gasteiger partial charge in [-0.2, -0.15) is 0 Å². The molecule has 94 valence electrons. The molecule has 2 N–H and O–H groups in total. The van der Waals surface area contributed by atoms with Crippen LogP contribution in [0.25, 0.3) is 0 Å². The first-order chi connectivity index (χ1) is 8.09. The lowest BCUT2D eigenvalue weighted by atomic mass is 10.0. The Morgan fingerprint density at radius 1 is 1.06 bits per heavy atom. The van der Waals surface area contributed by atoms with Crippen LogP contribution in [0.15, 0.2) is 42.5 Å². The molecule has 0 bridgehead atoms. The second kappa shape index (κ2) is 7.25. The lowest BCUT2D eigenvalue weighted by Gasteiger charge is -2.10. The van der Waals surface area contributed by atoms with Gasteiger partial charge in [0.25, 0.3) is 0 Å². The summed E-state index contributed by atoms with van der Waals surface area (Å²) in [5, 5.41) is 19.1. The van der Waals surface area contributed by atoms with Crippen molar-refractivity contribution in [1.82, 2.24) is 0 Å². The van der Waals surface area contributed by atoms with Crippen molar-refractivity contribution in [2.24, 2.45) is 5.92 Å². The Morgan fingerprint density at radius 2 is 1.71 bits per heavy atom. The number of aliphatic hydroxyl groups is 2. The van der Waals surface area contributed by atoms with E-state index < -0.39 is 6.10 Å². The summed E-state index contributed by atoms with van der Waals surface area (Å²) in [6.07, 6.45) is 4.44. The Kier molecular flexibility index (Phi) is 5.95. The zero-order valence-electron chi connectivity index (χ0n) is 10.6. The van der Waals surface area contributed by atoms with Gasteiger partial charge in [-0.25, -0.2) is 0 Å². The Labute approximate surface area is 104 Å². The fourth-order valence-electron chi connectivity index (χ4n) is 1.52. The van der Waals surface area contributed by atoms with Crippen molar-refractivity contribution in [2.75, 3.05) is 0 Å². The minimum atomic E-state index is -0.434. The van der Waals surface area contributed by atoms with E-state index in [0.29, 0.717) is 6.42 Å². The Balaban J connectivity index is 2.33. The minimum Gasteiger partial charge on any atom is -0.393 e. The van der Waals surface area contributed by atoms with Gasteiger partial charge >= 0.3 is 0 Å². The first-order valence-electron chi connectivity index (χ1n) is 6.18. The molecule has 1 aromatic rings. The Bertz CT molecular complexity index is 330. The van der Waals surface area contributed by atoms with Crippen molar-refractivity contribution in [3.63, 3.8) is 0 Å². The van der Waals surface area contributed by atoms with E-state index in [9.17, 15) is 10.2 Å². The van der Waals surface area contributed by atoms with Crippen molar-refractivity contribution in [3.8, 4) is 0 Å². The van der Waals surface area contributed by atoms with Crippen molar-refractivity contribution >= 4 is 0 Å². The highest BCUT2D eigenvalue weighted by molar-refractivity contribution is 5.15. The highest BCUT2D eigenvalue weighted by Gasteiger charge is 2.05. The van der Waals surface area contributed by atoms with E-state index in [1.54, 1.807) is 13.0 Å². The van der Waals surface area contributed by atoms with Crippen LogP contribution in [-0.4, -0.2) is 22.4 Å². The summed E-state index contributed by atoms with van der Waals surface area (Å²) in [5.41, 5.74) is 1.24. The molecule has 0 aliphatic heterocycles.